The van der Waals surface area contributed by atoms with Crippen molar-refractivity contribution in [2.45, 2.75) is 19.6 Å². The smallest absolute Gasteiger partial charge is 0.257 e. The van der Waals surface area contributed by atoms with Crippen LogP contribution in [-0.4, -0.2) is 72.5 Å². The van der Waals surface area contributed by atoms with Crippen LogP contribution in [0.1, 0.15) is 21.5 Å². The lowest BCUT2D eigenvalue weighted by Crippen LogP contribution is -2.55. The third-order valence-corrected chi connectivity index (χ3v) is 6.28. The molecule has 0 spiro atoms. The van der Waals surface area contributed by atoms with Crippen LogP contribution in [0.25, 0.3) is 0 Å². The molecule has 1 aromatic heterocycles. The van der Waals surface area contributed by atoms with E-state index in [2.05, 4.69) is 15.2 Å². The van der Waals surface area contributed by atoms with E-state index in [0.717, 1.165) is 24.2 Å². The number of aryl methyl sites for hydroxylation is 1. The van der Waals surface area contributed by atoms with Crippen LogP contribution in [0.2, 0.25) is 5.02 Å². The number of carbonyl (C=O) groups is 2. The van der Waals surface area contributed by atoms with Gasteiger partial charge >= 0.3 is 0 Å². The molecule has 0 bridgehead atoms. The molecule has 2 heterocycles. The van der Waals surface area contributed by atoms with Crippen molar-refractivity contribution in [3.05, 3.63) is 88.6 Å². The summed E-state index contributed by atoms with van der Waals surface area (Å²) >= 11 is 6.16. The lowest BCUT2D eigenvalue weighted by atomic mass is 10.2. The third-order valence-electron chi connectivity index (χ3n) is 6.06. The van der Waals surface area contributed by atoms with Crippen LogP contribution in [0, 0.1) is 6.92 Å². The van der Waals surface area contributed by atoms with E-state index in [1.54, 1.807) is 35.4 Å². The number of rotatable bonds is 9. The first-order valence-corrected chi connectivity index (χ1v) is 12.6. The lowest BCUT2D eigenvalue weighted by Gasteiger charge is -2.34. The molecule has 2 aromatic carbocycles. The van der Waals surface area contributed by atoms with Crippen molar-refractivity contribution in [1.29, 1.82) is 0 Å². The zero-order valence-corrected chi connectivity index (χ0v) is 21.8. The Hall–Kier alpha value is -3.46. The Morgan fingerprint density at radius 1 is 1.05 bits per heavy atom. The van der Waals surface area contributed by atoms with Crippen LogP contribution in [-0.2, 0) is 16.1 Å². The molecule has 4 rings (SSSR count). The average molecular weight is 523 g/mol. The number of likely N-dealkylation sites (N-methyl/N-ethyl adjacent to an activating group) is 1. The predicted octanol–water partition coefficient (Wildman–Crippen LogP) is 3.92. The molecule has 0 unspecified atom stereocenters. The topological polar surface area (TPSA) is 84.0 Å². The van der Waals surface area contributed by atoms with Crippen molar-refractivity contribution >= 4 is 23.4 Å². The molecule has 8 nitrogen and oxygen atoms in total. The van der Waals surface area contributed by atoms with Crippen LogP contribution < -0.4 is 10.1 Å². The van der Waals surface area contributed by atoms with Crippen molar-refractivity contribution in [3.8, 4) is 11.6 Å². The van der Waals surface area contributed by atoms with Gasteiger partial charge in [0, 0.05) is 37.4 Å². The molecule has 0 radical (unpaired) electrons. The fourth-order valence-electron chi connectivity index (χ4n) is 4.05. The number of amides is 2. The minimum absolute atomic E-state index is 0.0374. The molecule has 1 atom stereocenters. The number of hydrogen-bond acceptors (Lipinski definition) is 6. The molecule has 0 saturated carbocycles. The van der Waals surface area contributed by atoms with Crippen molar-refractivity contribution in [3.63, 3.8) is 0 Å². The Bertz CT molecular complexity index is 1200. The zero-order valence-electron chi connectivity index (χ0n) is 21.0. The maximum absolute atomic E-state index is 13.4. The normalized spacial score (nSPS) is 14.7. The summed E-state index contributed by atoms with van der Waals surface area (Å²) in [6.45, 7) is 5.00. The number of nitrogens with one attached hydrogen (secondary N) is 1. The highest BCUT2D eigenvalue weighted by molar-refractivity contribution is 6.30. The Balaban J connectivity index is 1.49. The highest BCUT2D eigenvalue weighted by Gasteiger charge is 2.29. The van der Waals surface area contributed by atoms with Crippen LogP contribution >= 0.6 is 11.6 Å². The fourth-order valence-corrected chi connectivity index (χ4v) is 4.32. The number of piperazine rings is 1. The molecule has 1 saturated heterocycles. The highest BCUT2D eigenvalue weighted by Crippen LogP contribution is 2.27. The molecule has 3 aromatic rings. The third kappa shape index (κ3) is 7.52. The second-order valence-electron chi connectivity index (χ2n) is 9.08. The van der Waals surface area contributed by atoms with Crippen LogP contribution in [0.15, 0.2) is 66.9 Å². The monoisotopic (exact) mass is 522 g/mol. The molecular weight excluding hydrogens is 492 g/mol. The quantitative estimate of drug-likeness (QED) is 0.458. The summed E-state index contributed by atoms with van der Waals surface area (Å²) < 4.78 is 11.8. The zero-order chi connectivity index (χ0) is 26.2. The van der Waals surface area contributed by atoms with E-state index < -0.39 is 11.9 Å². The number of ether oxygens (including phenoxy) is 2. The summed E-state index contributed by atoms with van der Waals surface area (Å²) in [5, 5.41) is 3.38. The second kappa shape index (κ2) is 12.7. The van der Waals surface area contributed by atoms with Crippen LogP contribution in [0.4, 0.5) is 0 Å². The van der Waals surface area contributed by atoms with Crippen molar-refractivity contribution < 1.29 is 19.1 Å². The first-order valence-electron chi connectivity index (χ1n) is 12.2. The van der Waals surface area contributed by atoms with E-state index in [4.69, 9.17) is 21.1 Å². The van der Waals surface area contributed by atoms with E-state index in [1.165, 1.54) is 0 Å². The second-order valence-corrected chi connectivity index (χ2v) is 9.51. The number of hydrogen-bond donors (Lipinski definition) is 1. The first kappa shape index (κ1) is 26.6. The van der Waals surface area contributed by atoms with Gasteiger partial charge in [0.15, 0.2) is 0 Å². The van der Waals surface area contributed by atoms with Gasteiger partial charge in [0.05, 0.1) is 13.2 Å². The minimum atomic E-state index is -0.860. The summed E-state index contributed by atoms with van der Waals surface area (Å²) in [5.41, 5.74) is 2.11. The number of halogens is 1. The Morgan fingerprint density at radius 3 is 2.54 bits per heavy atom. The van der Waals surface area contributed by atoms with Crippen LogP contribution in [0.5, 0.6) is 11.6 Å². The number of nitrogens with zero attached hydrogens (tertiary/aromatic N) is 3. The maximum Gasteiger partial charge on any atom is 0.257 e. The Morgan fingerprint density at radius 2 is 1.81 bits per heavy atom. The van der Waals surface area contributed by atoms with Gasteiger partial charge in [-0.05, 0) is 55.4 Å². The van der Waals surface area contributed by atoms with Gasteiger partial charge in [-0.15, -0.1) is 0 Å². The van der Waals surface area contributed by atoms with E-state index in [9.17, 15) is 9.59 Å². The molecular formula is C28H31ClN4O4. The molecule has 9 heteroatoms. The van der Waals surface area contributed by atoms with Gasteiger partial charge in [0.2, 0.25) is 11.8 Å². The summed E-state index contributed by atoms with van der Waals surface area (Å²) in [4.78, 5) is 35.0. The van der Waals surface area contributed by atoms with Gasteiger partial charge < -0.3 is 24.6 Å². The van der Waals surface area contributed by atoms with E-state index in [1.807, 2.05) is 50.4 Å². The first-order chi connectivity index (χ1) is 17.9. The van der Waals surface area contributed by atoms with Gasteiger partial charge in [0.25, 0.3) is 5.91 Å². The molecule has 37 heavy (non-hydrogen) atoms. The van der Waals surface area contributed by atoms with E-state index >= 15 is 0 Å². The Labute approximate surface area is 222 Å². The fraction of sp³-hybridized carbons (Fsp3) is 0.321. The van der Waals surface area contributed by atoms with Gasteiger partial charge in [0.1, 0.15) is 17.4 Å². The summed E-state index contributed by atoms with van der Waals surface area (Å²) in [5.74, 6) is -0.0596. The lowest BCUT2D eigenvalue weighted by molar-refractivity contribution is -0.136. The largest absolute Gasteiger partial charge is 0.438 e. The number of pyridine rings is 1. The molecule has 2 amide bonds. The molecule has 194 valence electrons. The van der Waals surface area contributed by atoms with Crippen LogP contribution in [0.3, 0.4) is 0 Å². The van der Waals surface area contributed by atoms with E-state index in [0.29, 0.717) is 30.5 Å². The number of carbonyl (C=O) groups excluding carboxylic acids is 2. The summed E-state index contributed by atoms with van der Waals surface area (Å²) in [6.07, 6.45) is 1.54. The Kier molecular flexibility index (Phi) is 9.11. The number of benzene rings is 2. The molecule has 0 aliphatic carbocycles. The van der Waals surface area contributed by atoms with Gasteiger partial charge in [-0.2, -0.15) is 0 Å². The highest BCUT2D eigenvalue weighted by atomic mass is 35.5. The van der Waals surface area contributed by atoms with E-state index in [-0.39, 0.29) is 24.0 Å². The van der Waals surface area contributed by atoms with Gasteiger partial charge in [-0.25, -0.2) is 4.98 Å². The summed E-state index contributed by atoms with van der Waals surface area (Å²) in [6, 6.07) is 17.4. The SMILES string of the molecule is Cc1cc(Cl)cc(Oc2ncccc2C(=O)N[C@H](COCc2ccccc2)C(=O)N2CCN(C)CC2)c1. The summed E-state index contributed by atoms with van der Waals surface area (Å²) in [7, 11) is 2.02. The van der Waals surface area contributed by atoms with Crippen molar-refractivity contribution in [1.82, 2.24) is 20.1 Å². The van der Waals surface area contributed by atoms with Gasteiger partial charge in [-0.3, -0.25) is 9.59 Å². The minimum Gasteiger partial charge on any atom is -0.438 e. The molecule has 1 fully saturated rings. The molecule has 1 N–H and O–H groups in total. The standard InChI is InChI=1S/C28H31ClN4O4/c1-20-15-22(29)17-23(16-20)37-27-24(9-6-10-30-27)26(34)31-25(19-36-18-21-7-4-3-5-8-21)28(35)33-13-11-32(2)12-14-33/h3-10,15-17,25H,11-14,18-19H2,1-2H3,(H,31,34)/t25-/m1/s1. The predicted molar refractivity (Wildman–Crippen MR) is 142 cm³/mol. The maximum atomic E-state index is 13.4. The molecule has 1 aliphatic rings. The average Bonchev–Trinajstić information content (AvgIpc) is 2.88. The van der Waals surface area contributed by atoms with Crippen molar-refractivity contribution in [2.75, 3.05) is 39.8 Å². The van der Waals surface area contributed by atoms with Gasteiger partial charge in [-0.1, -0.05) is 41.9 Å². The number of aromatic nitrogens is 1. The van der Waals surface area contributed by atoms with Crippen molar-refractivity contribution in [2.24, 2.45) is 0 Å². The molecule has 1 aliphatic heterocycles.